The lowest BCUT2D eigenvalue weighted by atomic mass is 10.0. The van der Waals surface area contributed by atoms with E-state index in [-0.39, 0.29) is 45.7 Å². The van der Waals surface area contributed by atoms with E-state index in [1.807, 2.05) is 0 Å². The van der Waals surface area contributed by atoms with Crippen molar-refractivity contribution in [1.29, 1.82) is 0 Å². The molecule has 39 heavy (non-hydrogen) atoms. The second-order valence-electron chi connectivity index (χ2n) is 11.9. The van der Waals surface area contributed by atoms with Gasteiger partial charge in [0.25, 0.3) is 0 Å². The second-order valence-corrected chi connectivity index (χ2v) is 14.1. The zero-order chi connectivity index (χ0) is 29.1. The minimum absolute atomic E-state index is 0.0118. The van der Waals surface area contributed by atoms with Crippen LogP contribution in [0.5, 0.6) is 0 Å². The molecule has 0 aromatic heterocycles. The first-order valence-electron chi connectivity index (χ1n) is 16.1. The van der Waals surface area contributed by atoms with Gasteiger partial charge in [0.05, 0.1) is 66.8 Å². The van der Waals surface area contributed by atoms with Crippen molar-refractivity contribution >= 4 is 8.80 Å². The van der Waals surface area contributed by atoms with Gasteiger partial charge in [0.2, 0.25) is 0 Å². The first kappa shape index (κ1) is 38.9. The van der Waals surface area contributed by atoms with E-state index in [4.69, 9.17) is 24.1 Å². The topological polar surface area (TPSA) is 109 Å². The number of rotatable bonds is 31. The Balaban J connectivity index is 3.76. The van der Waals surface area contributed by atoms with Crippen LogP contribution in [0.4, 0.5) is 0 Å². The molecule has 8 nitrogen and oxygen atoms in total. The third kappa shape index (κ3) is 27.8. The largest absolute Gasteiger partial charge is 0.495 e. The van der Waals surface area contributed by atoms with E-state index in [2.05, 4.69) is 21.0 Å². The van der Waals surface area contributed by atoms with Crippen LogP contribution in [-0.4, -0.2) is 106 Å². The van der Waals surface area contributed by atoms with E-state index in [0.717, 1.165) is 17.6 Å². The van der Waals surface area contributed by atoms with Gasteiger partial charge in [-0.3, -0.25) is 0 Å². The van der Waals surface area contributed by atoms with Crippen LogP contribution in [0.15, 0.2) is 0 Å². The van der Waals surface area contributed by atoms with Gasteiger partial charge in [-0.15, -0.1) is 0 Å². The third-order valence-electron chi connectivity index (χ3n) is 7.37. The van der Waals surface area contributed by atoms with Gasteiger partial charge >= 0.3 is 8.80 Å². The fraction of sp³-hybridized carbons (Fsp3) is 1.00. The summed E-state index contributed by atoms with van der Waals surface area (Å²) in [5, 5.41) is 17.8. The van der Waals surface area contributed by atoms with Crippen LogP contribution < -0.4 is 0 Å². The number of quaternary nitrogens is 1. The van der Waals surface area contributed by atoms with Crippen molar-refractivity contribution in [3.05, 3.63) is 0 Å². The molecule has 0 spiro atoms. The number of hydrogen-bond donors (Lipinski definition) is 4. The first-order valence-corrected chi connectivity index (χ1v) is 18.1. The van der Waals surface area contributed by atoms with Crippen LogP contribution in [0.1, 0.15) is 116 Å². The lowest BCUT2D eigenvalue weighted by Gasteiger charge is -2.30. The van der Waals surface area contributed by atoms with Gasteiger partial charge in [-0.1, -0.05) is 96.8 Å². The van der Waals surface area contributed by atoms with E-state index in [9.17, 15) is 9.59 Å². The van der Waals surface area contributed by atoms with Crippen molar-refractivity contribution in [3.8, 4) is 0 Å². The monoisotopic (exact) mass is 580 g/mol. The highest BCUT2D eigenvalue weighted by Crippen LogP contribution is 2.16. The number of aliphatic hydroxyl groups is 2. The van der Waals surface area contributed by atoms with Crippen molar-refractivity contribution < 1.29 is 38.2 Å². The Bertz CT molecular complexity index is 512. The Hall–Kier alpha value is -0.103. The Morgan fingerprint density at radius 2 is 1.08 bits per heavy atom. The predicted molar refractivity (Wildman–Crippen MR) is 162 cm³/mol. The highest BCUT2D eigenvalue weighted by Gasteiger charge is 2.34. The van der Waals surface area contributed by atoms with Gasteiger partial charge in [0, 0.05) is 12.5 Å². The van der Waals surface area contributed by atoms with Crippen LogP contribution in [0.2, 0.25) is 6.04 Å². The summed E-state index contributed by atoms with van der Waals surface area (Å²) in [5.41, 5.74) is 0. The molecular weight excluding hydrogens is 514 g/mol. The van der Waals surface area contributed by atoms with Crippen molar-refractivity contribution in [3.63, 3.8) is 0 Å². The highest BCUT2D eigenvalue weighted by atomic mass is 28.4. The Morgan fingerprint density at radius 3 is 1.56 bits per heavy atom. The minimum atomic E-state index is -3.79. The van der Waals surface area contributed by atoms with Crippen LogP contribution in [0.3, 0.4) is 0 Å². The molecule has 0 aliphatic heterocycles. The molecule has 0 aliphatic rings. The summed E-state index contributed by atoms with van der Waals surface area (Å²) in [7, 11) is 0.633. The molecule has 0 bridgehead atoms. The molecule has 0 heterocycles. The van der Waals surface area contributed by atoms with Crippen molar-refractivity contribution in [2.24, 2.45) is 0 Å². The van der Waals surface area contributed by atoms with E-state index in [0.29, 0.717) is 6.42 Å². The fourth-order valence-electron chi connectivity index (χ4n) is 4.88. The van der Waals surface area contributed by atoms with Crippen LogP contribution >= 0.6 is 0 Å². The van der Waals surface area contributed by atoms with Crippen molar-refractivity contribution in [2.45, 2.75) is 128 Å². The van der Waals surface area contributed by atoms with Crippen LogP contribution in [0.25, 0.3) is 0 Å². The summed E-state index contributed by atoms with van der Waals surface area (Å²) < 4.78 is 17.0. The van der Waals surface area contributed by atoms with Crippen molar-refractivity contribution in [1.82, 2.24) is 0 Å². The van der Waals surface area contributed by atoms with Gasteiger partial charge in [-0.05, 0) is 12.8 Å². The van der Waals surface area contributed by atoms with Gasteiger partial charge < -0.3 is 38.2 Å². The summed E-state index contributed by atoms with van der Waals surface area (Å²) in [6.07, 6.45) is 22.2. The van der Waals surface area contributed by atoms with E-state index >= 15 is 0 Å². The van der Waals surface area contributed by atoms with E-state index < -0.39 is 14.9 Å². The third-order valence-corrected chi connectivity index (χ3v) is 9.00. The molecule has 0 radical (unpaired) electrons. The maximum absolute atomic E-state index is 10.4. The smallest absolute Gasteiger partial charge is 0.394 e. The molecular formula is C30H66NO7Si+. The molecule has 0 fully saturated rings. The van der Waals surface area contributed by atoms with Gasteiger partial charge in [-0.2, -0.15) is 0 Å². The van der Waals surface area contributed by atoms with Gasteiger partial charge in [-0.25, -0.2) is 0 Å². The van der Waals surface area contributed by atoms with Crippen LogP contribution in [-0.2, 0) is 13.9 Å². The molecule has 0 saturated carbocycles. The average molecular weight is 581 g/mol. The maximum Gasteiger partial charge on any atom is 0.495 e. The zero-order valence-corrected chi connectivity index (χ0v) is 26.9. The standard InChI is InChI=1S/C30H66NO7Si/c1-4-5-6-7-8-9-10-11-12-13-14-15-16-17-18-19-21-31(2,3)22-20-27-39(34,35)38-29-30(37-26-24-33)28-36-25-23-32/h30,32-35H,4-29H2,1-3H3/q+1. The van der Waals surface area contributed by atoms with Crippen molar-refractivity contribution in [2.75, 3.05) is 66.8 Å². The Labute approximate surface area is 242 Å². The molecule has 1 unspecified atom stereocenters. The number of nitrogens with zero attached hydrogens (tertiary/aromatic N) is 1. The van der Waals surface area contributed by atoms with Crippen LogP contribution in [0, 0.1) is 0 Å². The zero-order valence-electron chi connectivity index (χ0n) is 25.9. The Morgan fingerprint density at radius 1 is 0.615 bits per heavy atom. The molecule has 0 aliphatic carbocycles. The summed E-state index contributed by atoms with van der Waals surface area (Å²) >= 11 is 0. The number of unbranched alkanes of at least 4 members (excludes halogenated alkanes) is 15. The first-order chi connectivity index (χ1) is 18.8. The minimum Gasteiger partial charge on any atom is -0.394 e. The summed E-state index contributed by atoms with van der Waals surface area (Å²) in [4.78, 5) is 20.7. The van der Waals surface area contributed by atoms with Gasteiger partial charge in [0.1, 0.15) is 6.10 Å². The lowest BCUT2D eigenvalue weighted by molar-refractivity contribution is -0.890. The highest BCUT2D eigenvalue weighted by molar-refractivity contribution is 6.57. The van der Waals surface area contributed by atoms with Gasteiger partial charge in [0.15, 0.2) is 0 Å². The quantitative estimate of drug-likeness (QED) is 0.0517. The number of aliphatic hydroxyl groups excluding tert-OH is 2. The fourth-order valence-corrected chi connectivity index (χ4v) is 6.09. The molecule has 0 aromatic rings. The number of ether oxygens (including phenoxy) is 2. The summed E-state index contributed by atoms with van der Waals surface area (Å²) in [6, 6.07) is 0.248. The molecule has 4 N–H and O–H groups in total. The summed E-state index contributed by atoms with van der Waals surface area (Å²) in [5.74, 6) is 0. The SMILES string of the molecule is CCCCCCCCCCCCCCCCCC[N+](C)(C)CCC[Si](O)(O)OCC(COCCO)OCCO. The molecule has 0 rings (SSSR count). The Kier molecular flexibility index (Phi) is 26.7. The molecule has 0 saturated heterocycles. The van der Waals surface area contributed by atoms with E-state index in [1.54, 1.807) is 0 Å². The number of hydrogen-bond acceptors (Lipinski definition) is 7. The molecule has 9 heteroatoms. The molecule has 0 amide bonds. The molecule has 0 aromatic carbocycles. The lowest BCUT2D eigenvalue weighted by Crippen LogP contribution is -2.45. The maximum atomic E-state index is 10.4. The summed E-state index contributed by atoms with van der Waals surface area (Å²) in [6.45, 7) is 4.46. The van der Waals surface area contributed by atoms with E-state index in [1.165, 1.54) is 103 Å². The predicted octanol–water partition coefficient (Wildman–Crippen LogP) is 5.04. The normalized spacial score (nSPS) is 13.3. The second kappa shape index (κ2) is 26.8. The molecule has 236 valence electrons. The average Bonchev–Trinajstić information content (AvgIpc) is 2.89. The molecule has 1 atom stereocenters.